The number of carbonyl (C=O) groups excluding carboxylic acids is 1. The van der Waals surface area contributed by atoms with Gasteiger partial charge in [-0.15, -0.1) is 0 Å². The zero-order valence-electron chi connectivity index (χ0n) is 11.2. The lowest BCUT2D eigenvalue weighted by Crippen LogP contribution is -2.17. The first-order chi connectivity index (χ1) is 9.13. The summed E-state index contributed by atoms with van der Waals surface area (Å²) in [5.74, 6) is -0.220. The number of hydrogen-bond donors (Lipinski definition) is 0. The highest BCUT2D eigenvalue weighted by Gasteiger charge is 2.18. The van der Waals surface area contributed by atoms with Crippen LogP contribution in [0.4, 0.5) is 0 Å². The second-order valence-electron chi connectivity index (χ2n) is 4.11. The van der Waals surface area contributed by atoms with Crippen molar-refractivity contribution in [2.24, 2.45) is 7.05 Å². The van der Waals surface area contributed by atoms with Gasteiger partial charge in [0.15, 0.2) is 5.65 Å². The minimum Gasteiger partial charge on any atom is -0.465 e. The Morgan fingerprint density at radius 3 is 3.05 bits per heavy atom. The first kappa shape index (κ1) is 13.8. The van der Waals surface area contributed by atoms with Crippen molar-refractivity contribution < 1.29 is 9.53 Å². The maximum absolute atomic E-state index is 11.7. The number of esters is 1. The Morgan fingerprint density at radius 2 is 2.32 bits per heavy atom. The topological polar surface area (TPSA) is 69.9 Å². The van der Waals surface area contributed by atoms with Crippen LogP contribution in [0.3, 0.4) is 0 Å². The number of aryl methyl sites for hydroxylation is 1. The largest absolute Gasteiger partial charge is 0.465 e. The van der Waals surface area contributed by atoms with Crippen molar-refractivity contribution in [3.8, 4) is 0 Å². The predicted octanol–water partition coefficient (Wildman–Crippen LogP) is 1.80. The molecule has 0 aliphatic rings. The zero-order valence-corrected chi connectivity index (χ0v) is 12.0. The Balaban J connectivity index is 2.15. The summed E-state index contributed by atoms with van der Waals surface area (Å²) in [5, 5.41) is 5.44. The van der Waals surface area contributed by atoms with Gasteiger partial charge in [-0.2, -0.15) is 5.10 Å². The molecule has 19 heavy (non-hydrogen) atoms. The molecular formula is C12H16N4O2S. The lowest BCUT2D eigenvalue weighted by molar-refractivity contribution is -0.142. The van der Waals surface area contributed by atoms with Crippen LogP contribution in [0, 0.1) is 0 Å². The van der Waals surface area contributed by atoms with Gasteiger partial charge in [0, 0.05) is 7.05 Å². The van der Waals surface area contributed by atoms with E-state index >= 15 is 0 Å². The van der Waals surface area contributed by atoms with Gasteiger partial charge in [-0.3, -0.25) is 9.48 Å². The van der Waals surface area contributed by atoms with Crippen molar-refractivity contribution in [3.63, 3.8) is 0 Å². The van der Waals surface area contributed by atoms with E-state index in [1.165, 1.54) is 18.1 Å². The smallest absolute Gasteiger partial charge is 0.319 e. The molecule has 2 aromatic rings. The lowest BCUT2D eigenvalue weighted by atomic mass is 10.4. The fraction of sp³-hybridized carbons (Fsp3) is 0.500. The van der Waals surface area contributed by atoms with Crippen molar-refractivity contribution >= 4 is 28.8 Å². The fourth-order valence-corrected chi connectivity index (χ4v) is 2.45. The second-order valence-corrected chi connectivity index (χ2v) is 5.44. The van der Waals surface area contributed by atoms with Crippen LogP contribution in [0.25, 0.3) is 11.0 Å². The maximum Gasteiger partial charge on any atom is 0.319 e. The van der Waals surface area contributed by atoms with Gasteiger partial charge < -0.3 is 4.74 Å². The number of hydrogen-bond acceptors (Lipinski definition) is 6. The lowest BCUT2D eigenvalue weighted by Gasteiger charge is -2.10. The van der Waals surface area contributed by atoms with E-state index in [2.05, 4.69) is 15.1 Å². The summed E-state index contributed by atoms with van der Waals surface area (Å²) in [6, 6.07) is 0. The van der Waals surface area contributed by atoms with Crippen LogP contribution in [-0.2, 0) is 16.6 Å². The van der Waals surface area contributed by atoms with Crippen molar-refractivity contribution in [3.05, 3.63) is 12.5 Å². The molecule has 7 heteroatoms. The minimum absolute atomic E-state index is 0.220. The summed E-state index contributed by atoms with van der Waals surface area (Å²) in [4.78, 5) is 20.1. The fourth-order valence-electron chi connectivity index (χ4n) is 1.57. The Hall–Kier alpha value is -1.63. The highest BCUT2D eigenvalue weighted by molar-refractivity contribution is 8.00. The molecule has 1 unspecified atom stereocenters. The molecule has 0 spiro atoms. The monoisotopic (exact) mass is 280 g/mol. The molecular weight excluding hydrogens is 264 g/mol. The number of aromatic nitrogens is 4. The van der Waals surface area contributed by atoms with Crippen LogP contribution < -0.4 is 0 Å². The van der Waals surface area contributed by atoms with Gasteiger partial charge in [0.2, 0.25) is 0 Å². The molecule has 0 N–H and O–H groups in total. The summed E-state index contributed by atoms with van der Waals surface area (Å²) in [5.41, 5.74) is 0.756. The second kappa shape index (κ2) is 6.01. The Morgan fingerprint density at radius 1 is 1.53 bits per heavy atom. The molecule has 0 saturated heterocycles. The van der Waals surface area contributed by atoms with Crippen molar-refractivity contribution in [1.82, 2.24) is 19.7 Å². The van der Waals surface area contributed by atoms with Crippen LogP contribution in [-0.4, -0.2) is 37.6 Å². The quantitative estimate of drug-likeness (QED) is 0.472. The van der Waals surface area contributed by atoms with E-state index in [4.69, 9.17) is 4.74 Å². The standard InChI is InChI=1S/C12H16N4O2S/c1-4-5-18-12(17)8(2)19-11-9-6-15-16(3)10(9)13-7-14-11/h6-8H,4-5H2,1-3H3. The van der Waals surface area contributed by atoms with Crippen molar-refractivity contribution in [2.75, 3.05) is 6.61 Å². The molecule has 2 heterocycles. The molecule has 102 valence electrons. The summed E-state index contributed by atoms with van der Waals surface area (Å²) in [6.07, 6.45) is 4.02. The molecule has 1 atom stereocenters. The molecule has 0 aliphatic heterocycles. The van der Waals surface area contributed by atoms with Gasteiger partial charge in [-0.25, -0.2) is 9.97 Å². The van der Waals surface area contributed by atoms with Gasteiger partial charge in [-0.1, -0.05) is 18.7 Å². The van der Waals surface area contributed by atoms with E-state index in [1.807, 2.05) is 20.9 Å². The van der Waals surface area contributed by atoms with E-state index in [-0.39, 0.29) is 11.2 Å². The van der Waals surface area contributed by atoms with Crippen LogP contribution in [0.15, 0.2) is 17.6 Å². The zero-order chi connectivity index (χ0) is 13.8. The predicted molar refractivity (Wildman–Crippen MR) is 72.9 cm³/mol. The molecule has 0 fully saturated rings. The van der Waals surface area contributed by atoms with Crippen LogP contribution >= 0.6 is 11.8 Å². The number of nitrogens with zero attached hydrogens (tertiary/aromatic N) is 4. The van der Waals surface area contributed by atoms with Crippen molar-refractivity contribution in [2.45, 2.75) is 30.5 Å². The summed E-state index contributed by atoms with van der Waals surface area (Å²) < 4.78 is 6.80. The SMILES string of the molecule is CCCOC(=O)C(C)Sc1ncnc2c1cnn2C. The van der Waals surface area contributed by atoms with Gasteiger partial charge in [0.05, 0.1) is 18.2 Å². The van der Waals surface area contributed by atoms with Gasteiger partial charge in [-0.05, 0) is 13.3 Å². The number of rotatable bonds is 5. The molecule has 0 amide bonds. The average molecular weight is 280 g/mol. The molecule has 2 rings (SSSR count). The van der Waals surface area contributed by atoms with Gasteiger partial charge in [0.25, 0.3) is 0 Å². The van der Waals surface area contributed by atoms with E-state index in [0.29, 0.717) is 6.61 Å². The van der Waals surface area contributed by atoms with E-state index in [9.17, 15) is 4.79 Å². The molecule has 6 nitrogen and oxygen atoms in total. The first-order valence-electron chi connectivity index (χ1n) is 6.09. The summed E-state index contributed by atoms with van der Waals surface area (Å²) in [6.45, 7) is 4.23. The normalized spacial score (nSPS) is 12.6. The molecule has 0 aliphatic carbocycles. The Labute approximate surface area is 115 Å². The van der Waals surface area contributed by atoms with Gasteiger partial charge in [0.1, 0.15) is 16.6 Å². The maximum atomic E-state index is 11.7. The highest BCUT2D eigenvalue weighted by Crippen LogP contribution is 2.27. The molecule has 0 bridgehead atoms. The summed E-state index contributed by atoms with van der Waals surface area (Å²) in [7, 11) is 1.82. The van der Waals surface area contributed by atoms with Crippen LogP contribution in [0.5, 0.6) is 0 Å². The third-order valence-electron chi connectivity index (χ3n) is 2.56. The molecule has 2 aromatic heterocycles. The van der Waals surface area contributed by atoms with Crippen LogP contribution in [0.1, 0.15) is 20.3 Å². The van der Waals surface area contributed by atoms with Gasteiger partial charge >= 0.3 is 5.97 Å². The Bertz CT molecular complexity index is 584. The van der Waals surface area contributed by atoms with E-state index in [1.54, 1.807) is 10.9 Å². The molecule has 0 aromatic carbocycles. The minimum atomic E-state index is -0.301. The van der Waals surface area contributed by atoms with E-state index in [0.717, 1.165) is 22.5 Å². The molecule has 0 radical (unpaired) electrons. The summed E-state index contributed by atoms with van der Waals surface area (Å²) >= 11 is 1.37. The highest BCUT2D eigenvalue weighted by atomic mass is 32.2. The van der Waals surface area contributed by atoms with Crippen molar-refractivity contribution in [1.29, 1.82) is 0 Å². The Kier molecular flexibility index (Phi) is 4.36. The third kappa shape index (κ3) is 3.04. The number of fused-ring (bicyclic) bond motifs is 1. The number of thioether (sulfide) groups is 1. The van der Waals surface area contributed by atoms with E-state index < -0.39 is 0 Å². The first-order valence-corrected chi connectivity index (χ1v) is 6.97. The number of carbonyl (C=O) groups is 1. The average Bonchev–Trinajstić information content (AvgIpc) is 2.79. The third-order valence-corrected chi connectivity index (χ3v) is 3.66. The number of ether oxygens (including phenoxy) is 1. The van der Waals surface area contributed by atoms with Crippen LogP contribution in [0.2, 0.25) is 0 Å². The molecule has 0 saturated carbocycles.